The van der Waals surface area contributed by atoms with Crippen LogP contribution in [0.25, 0.3) is 0 Å². The predicted molar refractivity (Wildman–Crippen MR) is 47.3 cm³/mol. The molecule has 1 aliphatic heterocycles. The summed E-state index contributed by atoms with van der Waals surface area (Å²) in [4.78, 5) is 21.3. The van der Waals surface area contributed by atoms with Crippen molar-refractivity contribution in [3.8, 4) is 0 Å². The molecule has 0 atom stereocenters. The van der Waals surface area contributed by atoms with Crippen molar-refractivity contribution in [1.29, 1.82) is 0 Å². The first-order valence-electron chi connectivity index (χ1n) is 3.98. The molecule has 1 rings (SSSR count). The molecule has 1 heterocycles. The Morgan fingerprint density at radius 2 is 1.77 bits per heavy atom. The third-order valence-electron chi connectivity index (χ3n) is 1.56. The maximum absolute atomic E-state index is 10.7. The van der Waals surface area contributed by atoms with E-state index in [9.17, 15) is 4.79 Å². The quantitative estimate of drug-likeness (QED) is 0.458. The van der Waals surface area contributed by atoms with Crippen LogP contribution in [0.4, 0.5) is 4.79 Å². The molecule has 0 unspecified atom stereocenters. The molecule has 0 aromatic carbocycles. The molecule has 6 nitrogen and oxygen atoms in total. The van der Waals surface area contributed by atoms with Gasteiger partial charge in [-0.25, -0.2) is 4.79 Å². The topological polar surface area (TPSA) is 95.7 Å². The molecule has 6 heteroatoms. The van der Waals surface area contributed by atoms with Gasteiger partial charge < -0.3 is 21.1 Å². The highest BCUT2D eigenvalue weighted by Crippen LogP contribution is 1.90. The SMILES string of the molecule is CC(=O)N1CCNCC1.NC(=O)O. The Balaban J connectivity index is 0.000000310. The molecule has 4 N–H and O–H groups in total. The molecule has 1 fully saturated rings. The summed E-state index contributed by atoms with van der Waals surface area (Å²) in [5, 5.41) is 10.4. The van der Waals surface area contributed by atoms with Crippen LogP contribution in [0.5, 0.6) is 0 Å². The molecule has 2 amide bonds. The van der Waals surface area contributed by atoms with Crippen molar-refractivity contribution in [2.24, 2.45) is 5.73 Å². The van der Waals surface area contributed by atoms with Crippen molar-refractivity contribution in [3.05, 3.63) is 0 Å². The van der Waals surface area contributed by atoms with Crippen LogP contribution in [-0.4, -0.2) is 48.2 Å². The number of primary amides is 1. The van der Waals surface area contributed by atoms with E-state index in [2.05, 4.69) is 11.1 Å². The van der Waals surface area contributed by atoms with Crippen molar-refractivity contribution in [2.45, 2.75) is 6.92 Å². The van der Waals surface area contributed by atoms with Crippen LogP contribution in [-0.2, 0) is 4.79 Å². The van der Waals surface area contributed by atoms with Crippen LogP contribution < -0.4 is 11.1 Å². The van der Waals surface area contributed by atoms with Gasteiger partial charge >= 0.3 is 6.09 Å². The van der Waals surface area contributed by atoms with Crippen LogP contribution in [0.1, 0.15) is 6.92 Å². The second-order valence-electron chi connectivity index (χ2n) is 2.59. The number of piperazine rings is 1. The summed E-state index contributed by atoms with van der Waals surface area (Å²) in [5.41, 5.74) is 4.03. The van der Waals surface area contributed by atoms with Gasteiger partial charge in [-0.15, -0.1) is 0 Å². The minimum absolute atomic E-state index is 0.191. The van der Waals surface area contributed by atoms with Crippen LogP contribution in [0, 0.1) is 0 Å². The van der Waals surface area contributed by atoms with E-state index in [0.717, 1.165) is 26.2 Å². The summed E-state index contributed by atoms with van der Waals surface area (Å²) in [7, 11) is 0. The van der Waals surface area contributed by atoms with Gasteiger partial charge in [0.2, 0.25) is 5.91 Å². The lowest BCUT2D eigenvalue weighted by Crippen LogP contribution is -2.45. The van der Waals surface area contributed by atoms with Crippen LogP contribution in [0.2, 0.25) is 0 Å². The Labute approximate surface area is 76.7 Å². The molecule has 13 heavy (non-hydrogen) atoms. The summed E-state index contributed by atoms with van der Waals surface area (Å²) in [6.45, 7) is 5.25. The molecule has 1 aliphatic rings. The van der Waals surface area contributed by atoms with Gasteiger partial charge in [-0.2, -0.15) is 0 Å². The van der Waals surface area contributed by atoms with Crippen molar-refractivity contribution in [3.63, 3.8) is 0 Å². The first-order valence-corrected chi connectivity index (χ1v) is 3.98. The number of nitrogens with zero attached hydrogens (tertiary/aromatic N) is 1. The molecular weight excluding hydrogens is 174 g/mol. The zero-order valence-corrected chi connectivity index (χ0v) is 7.62. The van der Waals surface area contributed by atoms with Gasteiger partial charge in [0.05, 0.1) is 0 Å². The number of carbonyl (C=O) groups excluding carboxylic acids is 1. The molecule has 0 aliphatic carbocycles. The highest BCUT2D eigenvalue weighted by atomic mass is 16.4. The number of hydrogen-bond acceptors (Lipinski definition) is 3. The normalized spacial score (nSPS) is 15.6. The van der Waals surface area contributed by atoms with Crippen LogP contribution in [0.3, 0.4) is 0 Å². The average Bonchev–Trinajstić information content (AvgIpc) is 2.05. The Bertz CT molecular complexity index is 174. The lowest BCUT2D eigenvalue weighted by Gasteiger charge is -2.25. The van der Waals surface area contributed by atoms with Crippen LogP contribution >= 0.6 is 0 Å². The Morgan fingerprint density at radius 3 is 2.00 bits per heavy atom. The first-order chi connectivity index (χ1) is 6.04. The second kappa shape index (κ2) is 6.24. The van der Waals surface area contributed by atoms with Gasteiger partial charge in [-0.1, -0.05) is 0 Å². The summed E-state index contributed by atoms with van der Waals surface area (Å²) in [5.74, 6) is 0.191. The highest BCUT2D eigenvalue weighted by molar-refractivity contribution is 5.73. The highest BCUT2D eigenvalue weighted by Gasteiger charge is 2.10. The fourth-order valence-electron chi connectivity index (χ4n) is 0.980. The van der Waals surface area contributed by atoms with Gasteiger partial charge in [-0.3, -0.25) is 4.79 Å². The number of nitrogens with one attached hydrogen (secondary N) is 1. The third kappa shape index (κ3) is 7.07. The molecule has 0 radical (unpaired) electrons. The predicted octanol–water partition coefficient (Wildman–Crippen LogP) is -0.939. The van der Waals surface area contributed by atoms with E-state index < -0.39 is 6.09 Å². The lowest BCUT2D eigenvalue weighted by molar-refractivity contribution is -0.129. The smallest absolute Gasteiger partial charge is 0.402 e. The van der Waals surface area contributed by atoms with Gasteiger partial charge in [0.25, 0.3) is 0 Å². The fraction of sp³-hybridized carbons (Fsp3) is 0.714. The fourth-order valence-corrected chi connectivity index (χ4v) is 0.980. The van der Waals surface area contributed by atoms with E-state index in [1.807, 2.05) is 4.90 Å². The largest absolute Gasteiger partial charge is 0.465 e. The van der Waals surface area contributed by atoms with E-state index in [1.54, 1.807) is 6.92 Å². The molecular formula is C7H15N3O3. The maximum Gasteiger partial charge on any atom is 0.402 e. The van der Waals surface area contributed by atoms with E-state index in [1.165, 1.54) is 0 Å². The summed E-state index contributed by atoms with van der Waals surface area (Å²) >= 11 is 0. The molecule has 0 aromatic heterocycles. The summed E-state index contributed by atoms with van der Waals surface area (Å²) < 4.78 is 0. The monoisotopic (exact) mass is 189 g/mol. The zero-order chi connectivity index (χ0) is 10.3. The minimum atomic E-state index is -1.33. The van der Waals surface area contributed by atoms with Crippen molar-refractivity contribution in [2.75, 3.05) is 26.2 Å². The van der Waals surface area contributed by atoms with E-state index in [4.69, 9.17) is 9.90 Å². The molecule has 0 saturated carbocycles. The molecule has 0 bridgehead atoms. The van der Waals surface area contributed by atoms with Gasteiger partial charge in [0.15, 0.2) is 0 Å². The summed E-state index contributed by atoms with van der Waals surface area (Å²) in [6, 6.07) is 0. The first kappa shape index (κ1) is 11.7. The molecule has 1 saturated heterocycles. The Morgan fingerprint density at radius 1 is 1.38 bits per heavy atom. The minimum Gasteiger partial charge on any atom is -0.465 e. The van der Waals surface area contributed by atoms with E-state index >= 15 is 0 Å². The Kier molecular flexibility index (Phi) is 5.62. The number of carbonyl (C=O) groups is 2. The van der Waals surface area contributed by atoms with E-state index in [-0.39, 0.29) is 5.91 Å². The van der Waals surface area contributed by atoms with Crippen molar-refractivity contribution < 1.29 is 14.7 Å². The number of carboxylic acid groups (broad SMARTS) is 1. The van der Waals surface area contributed by atoms with Crippen molar-refractivity contribution in [1.82, 2.24) is 10.2 Å². The van der Waals surface area contributed by atoms with E-state index in [0.29, 0.717) is 0 Å². The number of nitrogens with two attached hydrogens (primary N) is 1. The van der Waals surface area contributed by atoms with Gasteiger partial charge in [0.1, 0.15) is 0 Å². The lowest BCUT2D eigenvalue weighted by atomic mass is 10.4. The molecule has 76 valence electrons. The number of amides is 2. The maximum atomic E-state index is 10.7. The average molecular weight is 189 g/mol. The second-order valence-corrected chi connectivity index (χ2v) is 2.59. The number of rotatable bonds is 0. The van der Waals surface area contributed by atoms with Gasteiger partial charge in [0, 0.05) is 33.1 Å². The molecule has 0 aromatic rings. The summed E-state index contributed by atoms with van der Waals surface area (Å²) in [6.07, 6.45) is -1.33. The third-order valence-corrected chi connectivity index (χ3v) is 1.56. The Hall–Kier alpha value is -1.30. The van der Waals surface area contributed by atoms with Crippen molar-refractivity contribution >= 4 is 12.0 Å². The number of hydrogen-bond donors (Lipinski definition) is 3. The molecule has 0 spiro atoms. The standard InChI is InChI=1S/C6H12N2O.CH3NO2/c1-6(9)8-4-2-7-3-5-8;2-1(3)4/h7H,2-5H2,1H3;2H2,(H,3,4). The van der Waals surface area contributed by atoms with Gasteiger partial charge in [-0.05, 0) is 0 Å². The van der Waals surface area contributed by atoms with Crippen LogP contribution in [0.15, 0.2) is 0 Å². The zero-order valence-electron chi connectivity index (χ0n) is 7.62.